The summed E-state index contributed by atoms with van der Waals surface area (Å²) in [6.45, 7) is 0. The Hall–Kier alpha value is -2.70. The third kappa shape index (κ3) is 4.41. The van der Waals surface area contributed by atoms with Crippen LogP contribution in [0.4, 0.5) is 4.39 Å². The first-order valence-corrected chi connectivity index (χ1v) is 6.59. The Balaban J connectivity index is 2.01. The maximum absolute atomic E-state index is 12.9. The van der Waals surface area contributed by atoms with Crippen molar-refractivity contribution in [2.75, 3.05) is 7.11 Å². The molecule has 6 nitrogen and oxygen atoms in total. The van der Waals surface area contributed by atoms with E-state index in [-0.39, 0.29) is 24.6 Å². The lowest BCUT2D eigenvalue weighted by atomic mass is 10.1. The molecule has 0 aliphatic carbocycles. The molecule has 1 aromatic carbocycles. The van der Waals surface area contributed by atoms with E-state index >= 15 is 0 Å². The first kappa shape index (κ1) is 15.7. The van der Waals surface area contributed by atoms with Gasteiger partial charge in [0.05, 0.1) is 19.2 Å². The van der Waals surface area contributed by atoms with E-state index in [0.29, 0.717) is 11.3 Å². The van der Waals surface area contributed by atoms with Crippen molar-refractivity contribution in [2.45, 2.75) is 18.9 Å². The summed E-state index contributed by atoms with van der Waals surface area (Å²) >= 11 is 0. The molecule has 0 saturated carbocycles. The highest BCUT2D eigenvalue weighted by atomic mass is 19.1. The standard InChI is InChI=1S/C15H15FN2O4/c1-21-15(20)13(8-10-2-4-11(16)5-3-10)17-14(19)9-12-6-7-22-18-12/h2-7,13H,8-9H2,1H3,(H,17,19). The predicted molar refractivity (Wildman–Crippen MR) is 74.3 cm³/mol. The van der Waals surface area contributed by atoms with E-state index in [2.05, 4.69) is 19.7 Å². The molecule has 22 heavy (non-hydrogen) atoms. The molecular weight excluding hydrogens is 291 g/mol. The van der Waals surface area contributed by atoms with Crippen LogP contribution in [0.25, 0.3) is 0 Å². The van der Waals surface area contributed by atoms with Gasteiger partial charge in [-0.3, -0.25) is 4.79 Å². The van der Waals surface area contributed by atoms with Crippen LogP contribution >= 0.6 is 0 Å². The van der Waals surface area contributed by atoms with Crippen molar-refractivity contribution in [1.29, 1.82) is 0 Å². The summed E-state index contributed by atoms with van der Waals surface area (Å²) in [5.41, 5.74) is 1.17. The zero-order valence-electron chi connectivity index (χ0n) is 11.9. The van der Waals surface area contributed by atoms with Crippen molar-refractivity contribution in [1.82, 2.24) is 10.5 Å². The fraction of sp³-hybridized carbons (Fsp3) is 0.267. The topological polar surface area (TPSA) is 81.4 Å². The Morgan fingerprint density at radius 3 is 2.64 bits per heavy atom. The molecular formula is C15H15FN2O4. The zero-order valence-corrected chi connectivity index (χ0v) is 11.9. The van der Waals surface area contributed by atoms with E-state index in [1.54, 1.807) is 18.2 Å². The van der Waals surface area contributed by atoms with Gasteiger partial charge in [-0.2, -0.15) is 0 Å². The minimum Gasteiger partial charge on any atom is -0.467 e. The number of benzene rings is 1. The van der Waals surface area contributed by atoms with Crippen LogP contribution in [-0.4, -0.2) is 30.2 Å². The van der Waals surface area contributed by atoms with Crippen LogP contribution in [0.2, 0.25) is 0 Å². The Labute approximate surface area is 126 Å². The van der Waals surface area contributed by atoms with Gasteiger partial charge in [0.25, 0.3) is 0 Å². The third-order valence-electron chi connectivity index (χ3n) is 3.01. The van der Waals surface area contributed by atoms with E-state index in [9.17, 15) is 14.0 Å². The number of methoxy groups -OCH3 is 1. The molecule has 1 aromatic heterocycles. The fourth-order valence-electron chi connectivity index (χ4n) is 1.93. The summed E-state index contributed by atoms with van der Waals surface area (Å²) in [7, 11) is 1.24. The first-order valence-electron chi connectivity index (χ1n) is 6.59. The number of aromatic nitrogens is 1. The minimum absolute atomic E-state index is 0.00654. The van der Waals surface area contributed by atoms with Crippen LogP contribution < -0.4 is 5.32 Å². The molecule has 1 amide bonds. The third-order valence-corrected chi connectivity index (χ3v) is 3.01. The summed E-state index contributed by atoms with van der Waals surface area (Å²) in [5.74, 6) is -1.32. The predicted octanol–water partition coefficient (Wildman–Crippen LogP) is 1.26. The van der Waals surface area contributed by atoms with Crippen molar-refractivity contribution in [3.8, 4) is 0 Å². The second-order valence-electron chi connectivity index (χ2n) is 4.64. The molecule has 0 bridgehead atoms. The van der Waals surface area contributed by atoms with Crippen molar-refractivity contribution in [2.24, 2.45) is 0 Å². The monoisotopic (exact) mass is 306 g/mol. The van der Waals surface area contributed by atoms with Gasteiger partial charge in [0.1, 0.15) is 18.1 Å². The van der Waals surface area contributed by atoms with Gasteiger partial charge >= 0.3 is 5.97 Å². The highest BCUT2D eigenvalue weighted by Gasteiger charge is 2.22. The van der Waals surface area contributed by atoms with Gasteiger partial charge in [-0.25, -0.2) is 9.18 Å². The van der Waals surface area contributed by atoms with Crippen molar-refractivity contribution < 1.29 is 23.2 Å². The number of rotatable bonds is 6. The number of nitrogens with zero attached hydrogens (tertiary/aromatic N) is 1. The summed E-state index contributed by atoms with van der Waals surface area (Å²) in [6, 6.07) is 6.40. The Kier molecular flexibility index (Phi) is 5.24. The van der Waals surface area contributed by atoms with E-state index in [0.717, 1.165) is 0 Å². The summed E-state index contributed by atoms with van der Waals surface area (Å²) in [5, 5.41) is 6.21. The molecule has 1 atom stereocenters. The van der Waals surface area contributed by atoms with Crippen LogP contribution in [0.3, 0.4) is 0 Å². The molecule has 0 saturated heterocycles. The largest absolute Gasteiger partial charge is 0.467 e. The number of hydrogen-bond donors (Lipinski definition) is 1. The maximum atomic E-state index is 12.9. The number of hydrogen-bond acceptors (Lipinski definition) is 5. The number of nitrogens with one attached hydrogen (secondary N) is 1. The van der Waals surface area contributed by atoms with Crippen LogP contribution in [0.1, 0.15) is 11.3 Å². The van der Waals surface area contributed by atoms with Gasteiger partial charge in [0, 0.05) is 12.5 Å². The Morgan fingerprint density at radius 2 is 2.05 bits per heavy atom. The van der Waals surface area contributed by atoms with Gasteiger partial charge in [0.2, 0.25) is 5.91 Å². The molecule has 116 valence electrons. The lowest BCUT2D eigenvalue weighted by Gasteiger charge is -2.16. The molecule has 0 aliphatic rings. The summed E-state index contributed by atoms with van der Waals surface area (Å²) < 4.78 is 22.2. The molecule has 0 aliphatic heterocycles. The highest BCUT2D eigenvalue weighted by Crippen LogP contribution is 2.07. The van der Waals surface area contributed by atoms with Crippen LogP contribution in [0.15, 0.2) is 41.1 Å². The summed E-state index contributed by atoms with van der Waals surface area (Å²) in [4.78, 5) is 23.7. The molecule has 1 unspecified atom stereocenters. The second-order valence-corrected chi connectivity index (χ2v) is 4.64. The molecule has 2 aromatic rings. The number of esters is 1. The SMILES string of the molecule is COC(=O)C(Cc1ccc(F)cc1)NC(=O)Cc1ccon1. The lowest BCUT2D eigenvalue weighted by Crippen LogP contribution is -2.43. The van der Waals surface area contributed by atoms with Crippen LogP contribution in [0, 0.1) is 5.82 Å². The number of ether oxygens (including phenoxy) is 1. The average Bonchev–Trinajstić information content (AvgIpc) is 3.00. The Bertz CT molecular complexity index is 626. The molecule has 0 fully saturated rings. The average molecular weight is 306 g/mol. The molecule has 7 heteroatoms. The smallest absolute Gasteiger partial charge is 0.328 e. The quantitative estimate of drug-likeness (QED) is 0.813. The Morgan fingerprint density at radius 1 is 1.32 bits per heavy atom. The van der Waals surface area contributed by atoms with Gasteiger partial charge in [0.15, 0.2) is 0 Å². The molecule has 1 heterocycles. The van der Waals surface area contributed by atoms with Gasteiger partial charge in [-0.15, -0.1) is 0 Å². The van der Waals surface area contributed by atoms with E-state index in [1.807, 2.05) is 0 Å². The molecule has 1 N–H and O–H groups in total. The fourth-order valence-corrected chi connectivity index (χ4v) is 1.93. The van der Waals surface area contributed by atoms with Gasteiger partial charge in [-0.05, 0) is 17.7 Å². The second kappa shape index (κ2) is 7.35. The number of amides is 1. The number of halogens is 1. The molecule has 0 radical (unpaired) electrons. The number of carbonyl (C=O) groups excluding carboxylic acids is 2. The van der Waals surface area contributed by atoms with Crippen LogP contribution in [-0.2, 0) is 27.2 Å². The lowest BCUT2D eigenvalue weighted by molar-refractivity contribution is -0.145. The van der Waals surface area contributed by atoms with E-state index in [1.165, 1.54) is 25.5 Å². The van der Waals surface area contributed by atoms with Gasteiger partial charge < -0.3 is 14.6 Å². The maximum Gasteiger partial charge on any atom is 0.328 e. The van der Waals surface area contributed by atoms with E-state index in [4.69, 9.17) is 0 Å². The first-order chi connectivity index (χ1) is 10.6. The van der Waals surface area contributed by atoms with Crippen molar-refractivity contribution in [3.63, 3.8) is 0 Å². The molecule has 2 rings (SSSR count). The van der Waals surface area contributed by atoms with Gasteiger partial charge in [-0.1, -0.05) is 17.3 Å². The van der Waals surface area contributed by atoms with Crippen molar-refractivity contribution >= 4 is 11.9 Å². The minimum atomic E-state index is -0.852. The van der Waals surface area contributed by atoms with Crippen LogP contribution in [0.5, 0.6) is 0 Å². The van der Waals surface area contributed by atoms with Crippen molar-refractivity contribution in [3.05, 3.63) is 53.7 Å². The highest BCUT2D eigenvalue weighted by molar-refractivity contribution is 5.85. The number of carbonyl (C=O) groups is 2. The summed E-state index contributed by atoms with van der Waals surface area (Å²) in [6.07, 6.45) is 1.56. The van der Waals surface area contributed by atoms with E-state index < -0.39 is 12.0 Å². The normalized spacial score (nSPS) is 11.7. The zero-order chi connectivity index (χ0) is 15.9. The molecule has 0 spiro atoms.